The average Bonchev–Trinajstić information content (AvgIpc) is 3.03. The van der Waals surface area contributed by atoms with Crippen LogP contribution in [0.2, 0.25) is 0 Å². The first kappa shape index (κ1) is 18.6. The number of nitrogens with two attached hydrogens (primary N) is 2. The molecule has 0 unspecified atom stereocenters. The average molecular weight is 379 g/mol. The number of hydrogen-bond acceptors (Lipinski definition) is 4. The smallest absolute Gasteiger partial charge is 0.223 e. The lowest BCUT2D eigenvalue weighted by Gasteiger charge is -2.04. The van der Waals surface area contributed by atoms with Gasteiger partial charge in [0, 0.05) is 6.92 Å². The fourth-order valence-electron chi connectivity index (χ4n) is 2.69. The van der Waals surface area contributed by atoms with Crippen LogP contribution in [0.1, 0.15) is 18.2 Å². The van der Waals surface area contributed by atoms with Gasteiger partial charge in [0.15, 0.2) is 11.1 Å². The lowest BCUT2D eigenvalue weighted by atomic mass is 10.1. The molecule has 0 spiro atoms. The van der Waals surface area contributed by atoms with Gasteiger partial charge in [-0.1, -0.05) is 53.8 Å². The first-order valence-corrected chi connectivity index (χ1v) is 9.34. The molecule has 0 aliphatic rings. The molecule has 1 heterocycles. The predicted molar refractivity (Wildman–Crippen MR) is 111 cm³/mol. The van der Waals surface area contributed by atoms with Gasteiger partial charge in [-0.25, -0.2) is 9.98 Å². The monoisotopic (exact) mass is 379 g/mol. The van der Waals surface area contributed by atoms with E-state index in [0.717, 1.165) is 40.2 Å². The molecule has 0 radical (unpaired) electrons. The summed E-state index contributed by atoms with van der Waals surface area (Å²) in [6.45, 7) is 1.49. The number of aliphatic imine (C=N–C) groups is 1. The number of carbonyl (C=O) groups is 1. The highest BCUT2D eigenvalue weighted by atomic mass is 32.1. The summed E-state index contributed by atoms with van der Waals surface area (Å²) < 4.78 is 0. The first-order valence-electron chi connectivity index (χ1n) is 8.52. The van der Waals surface area contributed by atoms with Crippen LogP contribution in [0.4, 0.5) is 10.8 Å². The van der Waals surface area contributed by atoms with E-state index in [1.165, 1.54) is 18.3 Å². The Labute approximate surface area is 162 Å². The van der Waals surface area contributed by atoms with E-state index in [-0.39, 0.29) is 11.9 Å². The number of aryl methyl sites for hydroxylation is 2. The molecule has 2 aromatic carbocycles. The third kappa shape index (κ3) is 5.15. The molecule has 0 saturated carbocycles. The second-order valence-corrected chi connectivity index (χ2v) is 7.04. The molecule has 6 nitrogen and oxygen atoms in total. The number of anilines is 1. The Morgan fingerprint density at radius 2 is 1.78 bits per heavy atom. The maximum absolute atomic E-state index is 11.4. The van der Waals surface area contributed by atoms with Gasteiger partial charge in [0.1, 0.15) is 0 Å². The summed E-state index contributed by atoms with van der Waals surface area (Å²) in [5.74, 6) is -0.0755. The molecule has 0 aliphatic heterocycles. The molecule has 1 amide bonds. The number of carbonyl (C=O) groups excluding carboxylic acids is 1. The van der Waals surface area contributed by atoms with Gasteiger partial charge in [-0.3, -0.25) is 4.79 Å². The molecule has 5 N–H and O–H groups in total. The molecule has 0 atom stereocenters. The zero-order chi connectivity index (χ0) is 19.2. The Balaban J connectivity index is 1.80. The molecular weight excluding hydrogens is 358 g/mol. The summed E-state index contributed by atoms with van der Waals surface area (Å²) in [6, 6.07) is 17.9. The summed E-state index contributed by atoms with van der Waals surface area (Å²) in [6.07, 6.45) is 1.59. The van der Waals surface area contributed by atoms with Crippen LogP contribution in [0, 0.1) is 0 Å². The van der Waals surface area contributed by atoms with Gasteiger partial charge < -0.3 is 16.8 Å². The van der Waals surface area contributed by atoms with Gasteiger partial charge >= 0.3 is 0 Å². The number of rotatable bonds is 6. The van der Waals surface area contributed by atoms with E-state index >= 15 is 0 Å². The van der Waals surface area contributed by atoms with E-state index in [4.69, 9.17) is 11.5 Å². The number of nitrogens with zero attached hydrogens (tertiary/aromatic N) is 2. The maximum Gasteiger partial charge on any atom is 0.223 e. The van der Waals surface area contributed by atoms with E-state index in [2.05, 4.69) is 27.4 Å². The van der Waals surface area contributed by atoms with E-state index in [0.29, 0.717) is 5.13 Å². The molecule has 0 fully saturated rings. The fourth-order valence-corrected chi connectivity index (χ4v) is 3.75. The minimum atomic E-state index is -0.120. The quantitative estimate of drug-likeness (QED) is 0.450. The third-order valence-corrected chi connectivity index (χ3v) is 4.92. The van der Waals surface area contributed by atoms with Crippen molar-refractivity contribution in [3.63, 3.8) is 0 Å². The number of thiazole rings is 1. The van der Waals surface area contributed by atoms with Crippen molar-refractivity contribution in [2.24, 2.45) is 16.5 Å². The molecule has 0 aliphatic carbocycles. The highest BCUT2D eigenvalue weighted by molar-refractivity contribution is 7.19. The molecule has 0 bridgehead atoms. The van der Waals surface area contributed by atoms with Crippen LogP contribution in [0.15, 0.2) is 59.6 Å². The molecule has 27 heavy (non-hydrogen) atoms. The second-order valence-electron chi connectivity index (χ2n) is 6.05. The van der Waals surface area contributed by atoms with Gasteiger partial charge in [-0.05, 0) is 36.1 Å². The van der Waals surface area contributed by atoms with Gasteiger partial charge in [0.2, 0.25) is 5.91 Å². The van der Waals surface area contributed by atoms with Crippen LogP contribution in [0.25, 0.3) is 10.4 Å². The molecule has 0 saturated heterocycles. The normalized spacial score (nSPS) is 10.4. The SMILES string of the molecule is CC(=O)Nc1nc(CCc2ccc(N=C(N)N)cc2)c(-c2ccccc2)s1. The molecule has 3 rings (SSSR count). The van der Waals surface area contributed by atoms with Crippen molar-refractivity contribution in [3.8, 4) is 10.4 Å². The highest BCUT2D eigenvalue weighted by Crippen LogP contribution is 2.33. The van der Waals surface area contributed by atoms with E-state index < -0.39 is 0 Å². The minimum Gasteiger partial charge on any atom is -0.370 e. The Hall–Kier alpha value is -3.19. The number of aromatic nitrogens is 1. The Kier molecular flexibility index (Phi) is 5.83. The van der Waals surface area contributed by atoms with Crippen molar-refractivity contribution in [3.05, 3.63) is 65.9 Å². The maximum atomic E-state index is 11.4. The topological polar surface area (TPSA) is 106 Å². The van der Waals surface area contributed by atoms with Gasteiger partial charge in [0.25, 0.3) is 0 Å². The van der Waals surface area contributed by atoms with Gasteiger partial charge in [0.05, 0.1) is 16.3 Å². The number of amides is 1. The number of nitrogens with one attached hydrogen (secondary N) is 1. The van der Waals surface area contributed by atoms with E-state index in [1.54, 1.807) is 0 Å². The van der Waals surface area contributed by atoms with Crippen molar-refractivity contribution in [2.45, 2.75) is 19.8 Å². The van der Waals surface area contributed by atoms with Crippen LogP contribution in [-0.4, -0.2) is 16.9 Å². The highest BCUT2D eigenvalue weighted by Gasteiger charge is 2.14. The van der Waals surface area contributed by atoms with E-state index in [1.807, 2.05) is 42.5 Å². The predicted octanol–water partition coefficient (Wildman–Crippen LogP) is 3.46. The summed E-state index contributed by atoms with van der Waals surface area (Å²) >= 11 is 1.50. The largest absolute Gasteiger partial charge is 0.370 e. The van der Waals surface area contributed by atoms with Crippen molar-refractivity contribution in [2.75, 3.05) is 5.32 Å². The lowest BCUT2D eigenvalue weighted by molar-refractivity contribution is -0.114. The summed E-state index contributed by atoms with van der Waals surface area (Å²) in [7, 11) is 0. The van der Waals surface area contributed by atoms with Crippen LogP contribution in [0.5, 0.6) is 0 Å². The standard InChI is InChI=1S/C20H21N5OS/c1-13(26)23-20-25-17(18(27-20)15-5-3-2-4-6-15)12-9-14-7-10-16(11-8-14)24-19(21)22/h2-8,10-11H,9,12H2,1H3,(H4,21,22,24)(H,23,25,26). The van der Waals surface area contributed by atoms with Crippen LogP contribution in [0.3, 0.4) is 0 Å². The minimum absolute atomic E-state index is 0.0447. The lowest BCUT2D eigenvalue weighted by Crippen LogP contribution is -2.21. The molecule has 3 aromatic rings. The van der Waals surface area contributed by atoms with Crippen LogP contribution >= 0.6 is 11.3 Å². The number of guanidine groups is 1. The third-order valence-electron chi connectivity index (χ3n) is 3.86. The van der Waals surface area contributed by atoms with Crippen molar-refractivity contribution in [1.82, 2.24) is 4.98 Å². The van der Waals surface area contributed by atoms with E-state index in [9.17, 15) is 4.79 Å². The van der Waals surface area contributed by atoms with Gasteiger partial charge in [-0.15, -0.1) is 0 Å². The first-order chi connectivity index (χ1) is 13.0. The van der Waals surface area contributed by atoms with Crippen molar-refractivity contribution in [1.29, 1.82) is 0 Å². The summed E-state index contributed by atoms with van der Waals surface area (Å²) in [5.41, 5.74) is 14.8. The van der Waals surface area contributed by atoms with Gasteiger partial charge in [-0.2, -0.15) is 0 Å². The fraction of sp³-hybridized carbons (Fsp3) is 0.150. The van der Waals surface area contributed by atoms with Crippen molar-refractivity contribution >= 4 is 34.0 Å². The second kappa shape index (κ2) is 8.46. The molecule has 7 heteroatoms. The van der Waals surface area contributed by atoms with Crippen LogP contribution < -0.4 is 16.8 Å². The number of benzene rings is 2. The van der Waals surface area contributed by atoms with Crippen molar-refractivity contribution < 1.29 is 4.79 Å². The molecule has 138 valence electrons. The molecular formula is C20H21N5OS. The van der Waals surface area contributed by atoms with Crippen LogP contribution in [-0.2, 0) is 17.6 Å². The molecule has 1 aromatic heterocycles. The zero-order valence-corrected chi connectivity index (χ0v) is 15.8. The summed E-state index contributed by atoms with van der Waals surface area (Å²) in [4.78, 5) is 21.1. The number of hydrogen-bond donors (Lipinski definition) is 3. The Morgan fingerprint density at radius 3 is 2.41 bits per heavy atom. The summed E-state index contributed by atoms with van der Waals surface area (Å²) in [5, 5.41) is 3.41. The Bertz CT molecular complexity index is 944. The zero-order valence-electron chi connectivity index (χ0n) is 15.0. The Morgan fingerprint density at radius 1 is 1.07 bits per heavy atom.